The fourth-order valence-electron chi connectivity index (χ4n) is 1.90. The lowest BCUT2D eigenvalue weighted by molar-refractivity contribution is 0.127. The van der Waals surface area contributed by atoms with Gasteiger partial charge in [-0.2, -0.15) is 0 Å². The molecule has 0 saturated carbocycles. The van der Waals surface area contributed by atoms with Crippen molar-refractivity contribution < 1.29 is 18.7 Å². The number of nitrogens with two attached hydrogens (primary N) is 1. The normalized spacial score (nSPS) is 23.8. The number of ether oxygens (including phenoxy) is 1. The van der Waals surface area contributed by atoms with Crippen LogP contribution in [-0.4, -0.2) is 29.0 Å². The first-order valence-electron chi connectivity index (χ1n) is 5.78. The van der Waals surface area contributed by atoms with E-state index in [2.05, 4.69) is 5.16 Å². The maximum Gasteiger partial charge on any atom is 0.170 e. The maximum absolute atomic E-state index is 13.9. The first kappa shape index (κ1) is 14.1. The van der Waals surface area contributed by atoms with Gasteiger partial charge in [-0.3, -0.25) is 0 Å². The maximum atomic E-state index is 13.9. The molecule has 0 spiro atoms. The van der Waals surface area contributed by atoms with E-state index in [0.717, 1.165) is 30.3 Å². The third kappa shape index (κ3) is 2.98. The number of nitrogens with zero attached hydrogens (tertiary/aromatic N) is 1. The molecule has 19 heavy (non-hydrogen) atoms. The van der Waals surface area contributed by atoms with E-state index in [1.807, 2.05) is 6.92 Å². The molecule has 1 aliphatic heterocycles. The lowest BCUT2D eigenvalue weighted by Crippen LogP contribution is -2.16. The quantitative estimate of drug-likeness (QED) is 0.388. The number of hydrogen-bond acceptors (Lipinski definition) is 4. The Kier molecular flexibility index (Phi) is 4.26. The Bertz CT molecular complexity index is 487. The number of thioether (sulfide) groups is 1. The lowest BCUT2D eigenvalue weighted by Gasteiger charge is -2.15. The molecule has 1 heterocycles. The molecule has 2 unspecified atom stereocenters. The molecule has 104 valence electrons. The van der Waals surface area contributed by atoms with Gasteiger partial charge in [0.1, 0.15) is 11.6 Å². The van der Waals surface area contributed by atoms with Crippen molar-refractivity contribution >= 4 is 17.6 Å². The molecule has 1 aliphatic rings. The van der Waals surface area contributed by atoms with E-state index in [1.165, 1.54) is 0 Å². The van der Waals surface area contributed by atoms with Crippen molar-refractivity contribution in [1.29, 1.82) is 0 Å². The van der Waals surface area contributed by atoms with E-state index in [1.54, 1.807) is 0 Å². The second-order valence-corrected chi connectivity index (χ2v) is 5.52. The van der Waals surface area contributed by atoms with Crippen molar-refractivity contribution in [2.24, 2.45) is 10.9 Å². The Morgan fingerprint density at radius 2 is 2.11 bits per heavy atom. The number of rotatable bonds is 3. The minimum absolute atomic E-state index is 0.0116. The van der Waals surface area contributed by atoms with Crippen LogP contribution >= 0.6 is 11.8 Å². The number of benzene rings is 1. The van der Waals surface area contributed by atoms with Crippen molar-refractivity contribution in [2.75, 3.05) is 6.61 Å². The van der Waals surface area contributed by atoms with Gasteiger partial charge >= 0.3 is 0 Å². The van der Waals surface area contributed by atoms with E-state index in [-0.39, 0.29) is 27.6 Å². The summed E-state index contributed by atoms with van der Waals surface area (Å²) in [5, 5.41) is 11.2. The smallest absolute Gasteiger partial charge is 0.170 e. The molecule has 1 saturated heterocycles. The third-order valence-electron chi connectivity index (χ3n) is 2.98. The van der Waals surface area contributed by atoms with E-state index >= 15 is 0 Å². The number of amidine groups is 1. The van der Waals surface area contributed by atoms with Crippen LogP contribution in [0.15, 0.2) is 22.2 Å². The SMILES string of the molecule is CC1OCCC1Sc1c(F)cc(C(N)=NO)cc1F. The van der Waals surface area contributed by atoms with Gasteiger partial charge in [0, 0.05) is 17.4 Å². The standard InChI is InChI=1S/C12H14F2N2O2S/c1-6-10(2-3-18-6)19-11-8(13)4-7(5-9(11)14)12(15)16-17/h4-6,10,17H,2-3H2,1H3,(H2,15,16). The highest BCUT2D eigenvalue weighted by Crippen LogP contribution is 2.35. The Labute approximate surface area is 113 Å². The van der Waals surface area contributed by atoms with Crippen LogP contribution in [-0.2, 0) is 4.74 Å². The zero-order valence-corrected chi connectivity index (χ0v) is 11.1. The number of halogens is 2. The molecular formula is C12H14F2N2O2S. The monoisotopic (exact) mass is 288 g/mol. The molecule has 0 aliphatic carbocycles. The van der Waals surface area contributed by atoms with E-state index in [0.29, 0.717) is 6.61 Å². The van der Waals surface area contributed by atoms with Crippen molar-refractivity contribution in [2.45, 2.75) is 29.6 Å². The summed E-state index contributed by atoms with van der Waals surface area (Å²) in [5.74, 6) is -1.76. The average molecular weight is 288 g/mol. The summed E-state index contributed by atoms with van der Waals surface area (Å²) in [4.78, 5) is -0.0585. The second-order valence-electron chi connectivity index (χ2n) is 4.28. The summed E-state index contributed by atoms with van der Waals surface area (Å²) in [6.45, 7) is 2.48. The molecule has 1 aromatic carbocycles. The summed E-state index contributed by atoms with van der Waals surface area (Å²) in [6.07, 6.45) is 0.722. The van der Waals surface area contributed by atoms with Crippen molar-refractivity contribution in [3.63, 3.8) is 0 Å². The average Bonchev–Trinajstić information content (AvgIpc) is 2.78. The van der Waals surface area contributed by atoms with Gasteiger partial charge in [-0.15, -0.1) is 11.8 Å². The number of oxime groups is 1. The molecule has 0 aromatic heterocycles. The van der Waals surface area contributed by atoms with Crippen LogP contribution in [0.2, 0.25) is 0 Å². The highest BCUT2D eigenvalue weighted by molar-refractivity contribution is 8.00. The van der Waals surface area contributed by atoms with E-state index in [4.69, 9.17) is 15.7 Å². The molecule has 2 rings (SSSR count). The Balaban J connectivity index is 2.26. The van der Waals surface area contributed by atoms with E-state index < -0.39 is 11.6 Å². The second kappa shape index (κ2) is 5.75. The third-order valence-corrected chi connectivity index (χ3v) is 4.53. The lowest BCUT2D eigenvalue weighted by atomic mass is 10.2. The van der Waals surface area contributed by atoms with Crippen LogP contribution < -0.4 is 5.73 Å². The Morgan fingerprint density at radius 3 is 2.58 bits per heavy atom. The van der Waals surface area contributed by atoms with Crippen LogP contribution in [0, 0.1) is 11.6 Å². The molecule has 0 bridgehead atoms. The van der Waals surface area contributed by atoms with Crippen LogP contribution in [0.3, 0.4) is 0 Å². The van der Waals surface area contributed by atoms with Gasteiger partial charge in [-0.25, -0.2) is 8.78 Å². The summed E-state index contributed by atoms with van der Waals surface area (Å²) in [5.41, 5.74) is 5.32. The van der Waals surface area contributed by atoms with Gasteiger partial charge in [-0.05, 0) is 25.5 Å². The molecule has 0 amide bonds. The topological polar surface area (TPSA) is 67.8 Å². The summed E-state index contributed by atoms with van der Waals surface area (Å²) in [6, 6.07) is 2.11. The summed E-state index contributed by atoms with van der Waals surface area (Å²) in [7, 11) is 0. The van der Waals surface area contributed by atoms with Gasteiger partial charge in [0.25, 0.3) is 0 Å². The Morgan fingerprint density at radius 1 is 1.47 bits per heavy atom. The molecule has 3 N–H and O–H groups in total. The largest absolute Gasteiger partial charge is 0.409 e. The highest BCUT2D eigenvalue weighted by atomic mass is 32.2. The molecule has 2 atom stereocenters. The summed E-state index contributed by atoms with van der Waals surface area (Å²) >= 11 is 1.12. The van der Waals surface area contributed by atoms with Crippen LogP contribution in [0.4, 0.5) is 8.78 Å². The summed E-state index contributed by atoms with van der Waals surface area (Å²) < 4.78 is 33.1. The van der Waals surface area contributed by atoms with Crippen molar-refractivity contribution in [3.8, 4) is 0 Å². The fraction of sp³-hybridized carbons (Fsp3) is 0.417. The van der Waals surface area contributed by atoms with Crippen LogP contribution in [0.25, 0.3) is 0 Å². The highest BCUT2D eigenvalue weighted by Gasteiger charge is 2.27. The molecular weight excluding hydrogens is 274 g/mol. The molecule has 1 aromatic rings. The van der Waals surface area contributed by atoms with Gasteiger partial charge in [0.2, 0.25) is 0 Å². The zero-order chi connectivity index (χ0) is 14.0. The molecule has 4 nitrogen and oxygen atoms in total. The first-order valence-corrected chi connectivity index (χ1v) is 6.66. The molecule has 1 fully saturated rings. The predicted molar refractivity (Wildman–Crippen MR) is 68.5 cm³/mol. The number of hydrogen-bond donors (Lipinski definition) is 2. The first-order chi connectivity index (χ1) is 9.02. The molecule has 7 heteroatoms. The van der Waals surface area contributed by atoms with Gasteiger partial charge in [-0.1, -0.05) is 5.16 Å². The predicted octanol–water partition coefficient (Wildman–Crippen LogP) is 2.33. The fourth-order valence-corrected chi connectivity index (χ4v) is 3.03. The molecule has 0 radical (unpaired) electrons. The van der Waals surface area contributed by atoms with Crippen molar-refractivity contribution in [1.82, 2.24) is 0 Å². The van der Waals surface area contributed by atoms with Gasteiger partial charge in [0.05, 0.1) is 11.0 Å². The van der Waals surface area contributed by atoms with Gasteiger partial charge in [0.15, 0.2) is 5.84 Å². The van der Waals surface area contributed by atoms with Crippen molar-refractivity contribution in [3.05, 3.63) is 29.3 Å². The minimum atomic E-state index is -0.717. The van der Waals surface area contributed by atoms with E-state index in [9.17, 15) is 8.78 Å². The zero-order valence-electron chi connectivity index (χ0n) is 10.3. The Hall–Kier alpha value is -1.34. The van der Waals surface area contributed by atoms with Crippen LogP contribution in [0.5, 0.6) is 0 Å². The van der Waals surface area contributed by atoms with Gasteiger partial charge < -0.3 is 15.7 Å². The minimum Gasteiger partial charge on any atom is -0.409 e. The van der Waals surface area contributed by atoms with Crippen LogP contribution in [0.1, 0.15) is 18.9 Å².